The van der Waals surface area contributed by atoms with Crippen molar-refractivity contribution in [1.29, 1.82) is 0 Å². The molecular weight excluding hydrogens is 184 g/mol. The van der Waals surface area contributed by atoms with Crippen molar-refractivity contribution in [3.63, 3.8) is 0 Å². The maximum atomic E-state index is 5.68. The molecule has 0 saturated heterocycles. The van der Waals surface area contributed by atoms with Gasteiger partial charge in [-0.15, -0.1) is 0 Å². The summed E-state index contributed by atoms with van der Waals surface area (Å²) in [5, 5.41) is 0. The zero-order chi connectivity index (χ0) is 10.9. The lowest BCUT2D eigenvalue weighted by Gasteiger charge is -2.14. The van der Waals surface area contributed by atoms with E-state index < -0.39 is 0 Å². The molecular formula is C14H22O. The van der Waals surface area contributed by atoms with Gasteiger partial charge in [0.1, 0.15) is 5.75 Å². The van der Waals surface area contributed by atoms with Crippen LogP contribution in [0.2, 0.25) is 0 Å². The fourth-order valence-electron chi connectivity index (χ4n) is 1.82. The molecule has 0 bridgehead atoms. The Bertz CT molecular complexity index is 243. The Kier molecular flexibility index (Phi) is 5.91. The van der Waals surface area contributed by atoms with Crippen LogP contribution < -0.4 is 4.74 Å². The summed E-state index contributed by atoms with van der Waals surface area (Å²) >= 11 is 0. The van der Waals surface area contributed by atoms with Gasteiger partial charge in [-0.2, -0.15) is 0 Å². The van der Waals surface area contributed by atoms with Gasteiger partial charge in [-0.1, -0.05) is 51.3 Å². The first kappa shape index (κ1) is 12.1. The zero-order valence-electron chi connectivity index (χ0n) is 9.91. The van der Waals surface area contributed by atoms with Gasteiger partial charge < -0.3 is 4.74 Å². The maximum absolute atomic E-state index is 5.68. The van der Waals surface area contributed by atoms with E-state index in [-0.39, 0.29) is 0 Å². The lowest BCUT2D eigenvalue weighted by molar-refractivity contribution is 0.268. The average Bonchev–Trinajstić information content (AvgIpc) is 2.29. The van der Waals surface area contributed by atoms with E-state index in [9.17, 15) is 0 Å². The fourth-order valence-corrected chi connectivity index (χ4v) is 1.82. The lowest BCUT2D eigenvalue weighted by Crippen LogP contribution is -2.06. The van der Waals surface area contributed by atoms with E-state index in [1.54, 1.807) is 0 Å². The van der Waals surface area contributed by atoms with E-state index in [1.807, 2.05) is 30.3 Å². The summed E-state index contributed by atoms with van der Waals surface area (Å²) in [5.41, 5.74) is 0. The fraction of sp³-hybridized carbons (Fsp3) is 0.571. The van der Waals surface area contributed by atoms with E-state index in [0.29, 0.717) is 0 Å². The van der Waals surface area contributed by atoms with Gasteiger partial charge in [0.05, 0.1) is 6.61 Å². The molecule has 1 atom stereocenters. The summed E-state index contributed by atoms with van der Waals surface area (Å²) in [6, 6.07) is 10.1. The molecule has 0 aliphatic carbocycles. The molecule has 0 fully saturated rings. The van der Waals surface area contributed by atoms with Crippen molar-refractivity contribution in [2.75, 3.05) is 6.61 Å². The predicted octanol–water partition coefficient (Wildman–Crippen LogP) is 4.28. The second-order valence-corrected chi connectivity index (χ2v) is 4.01. The molecule has 0 spiro atoms. The maximum Gasteiger partial charge on any atom is 0.119 e. The van der Waals surface area contributed by atoms with Crippen LogP contribution >= 0.6 is 0 Å². The van der Waals surface area contributed by atoms with E-state index in [2.05, 4.69) is 13.8 Å². The minimum atomic E-state index is 0.832. The summed E-state index contributed by atoms with van der Waals surface area (Å²) in [6.45, 7) is 5.37. The molecule has 0 aromatic heterocycles. The van der Waals surface area contributed by atoms with Crippen LogP contribution in [0, 0.1) is 5.92 Å². The molecule has 0 heterocycles. The van der Waals surface area contributed by atoms with Gasteiger partial charge in [-0.05, 0) is 24.5 Å². The van der Waals surface area contributed by atoms with Crippen molar-refractivity contribution in [2.24, 2.45) is 5.92 Å². The standard InChI is InChI=1S/C14H22O/c1-3-8-13(4-2)11-12-15-14-9-6-5-7-10-14/h5-7,9-10,13H,3-4,8,11-12H2,1-2H3. The average molecular weight is 206 g/mol. The van der Waals surface area contributed by atoms with Gasteiger partial charge in [0.25, 0.3) is 0 Å². The third-order valence-electron chi connectivity index (χ3n) is 2.81. The first-order valence-corrected chi connectivity index (χ1v) is 6.04. The van der Waals surface area contributed by atoms with Crippen LogP contribution in [0.4, 0.5) is 0 Å². The Labute approximate surface area is 93.5 Å². The number of hydrogen-bond acceptors (Lipinski definition) is 1. The van der Waals surface area contributed by atoms with Crippen LogP contribution in [0.5, 0.6) is 5.75 Å². The zero-order valence-corrected chi connectivity index (χ0v) is 9.91. The highest BCUT2D eigenvalue weighted by molar-refractivity contribution is 5.20. The Morgan fingerprint density at radius 2 is 1.80 bits per heavy atom. The largest absolute Gasteiger partial charge is 0.494 e. The molecule has 0 N–H and O–H groups in total. The molecule has 1 aromatic carbocycles. The molecule has 0 aliphatic heterocycles. The number of benzene rings is 1. The van der Waals surface area contributed by atoms with Gasteiger partial charge in [-0.25, -0.2) is 0 Å². The molecule has 1 rings (SSSR count). The van der Waals surface area contributed by atoms with Crippen LogP contribution in [-0.2, 0) is 0 Å². The van der Waals surface area contributed by atoms with Crippen molar-refractivity contribution >= 4 is 0 Å². The van der Waals surface area contributed by atoms with Crippen LogP contribution in [0.3, 0.4) is 0 Å². The highest BCUT2D eigenvalue weighted by Crippen LogP contribution is 2.16. The minimum Gasteiger partial charge on any atom is -0.494 e. The SMILES string of the molecule is CCCC(CC)CCOc1ccccc1. The molecule has 1 heteroatoms. The third kappa shape index (κ3) is 4.87. The van der Waals surface area contributed by atoms with Crippen molar-refractivity contribution in [2.45, 2.75) is 39.5 Å². The minimum absolute atomic E-state index is 0.832. The first-order valence-electron chi connectivity index (χ1n) is 6.04. The molecule has 1 unspecified atom stereocenters. The van der Waals surface area contributed by atoms with Crippen LogP contribution in [0.1, 0.15) is 39.5 Å². The molecule has 0 aliphatic rings. The van der Waals surface area contributed by atoms with Gasteiger partial charge >= 0.3 is 0 Å². The van der Waals surface area contributed by atoms with Crippen molar-refractivity contribution in [3.05, 3.63) is 30.3 Å². The Morgan fingerprint density at radius 3 is 2.40 bits per heavy atom. The second-order valence-electron chi connectivity index (χ2n) is 4.01. The third-order valence-corrected chi connectivity index (χ3v) is 2.81. The van der Waals surface area contributed by atoms with Gasteiger partial charge in [0.15, 0.2) is 0 Å². The predicted molar refractivity (Wildman–Crippen MR) is 65.2 cm³/mol. The highest BCUT2D eigenvalue weighted by Gasteiger charge is 2.04. The van der Waals surface area contributed by atoms with Crippen LogP contribution in [0.15, 0.2) is 30.3 Å². The smallest absolute Gasteiger partial charge is 0.119 e. The van der Waals surface area contributed by atoms with E-state index in [0.717, 1.165) is 18.3 Å². The first-order chi connectivity index (χ1) is 7.36. The lowest BCUT2D eigenvalue weighted by atomic mass is 9.98. The molecule has 84 valence electrons. The number of ether oxygens (including phenoxy) is 1. The van der Waals surface area contributed by atoms with Crippen molar-refractivity contribution in [3.8, 4) is 5.75 Å². The molecule has 15 heavy (non-hydrogen) atoms. The summed E-state index contributed by atoms with van der Waals surface area (Å²) in [7, 11) is 0. The summed E-state index contributed by atoms with van der Waals surface area (Å²) in [5.74, 6) is 1.82. The number of para-hydroxylation sites is 1. The van der Waals surface area contributed by atoms with Crippen LogP contribution in [0.25, 0.3) is 0 Å². The highest BCUT2D eigenvalue weighted by atomic mass is 16.5. The van der Waals surface area contributed by atoms with E-state index >= 15 is 0 Å². The summed E-state index contributed by atoms with van der Waals surface area (Å²) in [4.78, 5) is 0. The monoisotopic (exact) mass is 206 g/mol. The van der Waals surface area contributed by atoms with E-state index in [4.69, 9.17) is 4.74 Å². The number of hydrogen-bond donors (Lipinski definition) is 0. The van der Waals surface area contributed by atoms with Gasteiger partial charge in [0.2, 0.25) is 0 Å². The number of rotatable bonds is 7. The van der Waals surface area contributed by atoms with Gasteiger partial charge in [0, 0.05) is 0 Å². The molecule has 0 amide bonds. The molecule has 0 radical (unpaired) electrons. The molecule has 1 nitrogen and oxygen atoms in total. The Hall–Kier alpha value is -0.980. The summed E-state index contributed by atoms with van der Waals surface area (Å²) in [6.07, 6.45) is 5.06. The summed E-state index contributed by atoms with van der Waals surface area (Å²) < 4.78 is 5.68. The Morgan fingerprint density at radius 1 is 1.07 bits per heavy atom. The second kappa shape index (κ2) is 7.33. The van der Waals surface area contributed by atoms with Crippen molar-refractivity contribution < 1.29 is 4.74 Å². The topological polar surface area (TPSA) is 9.23 Å². The Balaban J connectivity index is 2.20. The quantitative estimate of drug-likeness (QED) is 0.647. The molecule has 1 aromatic rings. The van der Waals surface area contributed by atoms with E-state index in [1.165, 1.54) is 25.7 Å². The normalized spacial score (nSPS) is 12.4. The van der Waals surface area contributed by atoms with Crippen molar-refractivity contribution in [1.82, 2.24) is 0 Å². The molecule has 0 saturated carbocycles. The van der Waals surface area contributed by atoms with Gasteiger partial charge in [-0.3, -0.25) is 0 Å². The van der Waals surface area contributed by atoms with Crippen LogP contribution in [-0.4, -0.2) is 6.61 Å².